The van der Waals surface area contributed by atoms with Crippen molar-refractivity contribution in [3.05, 3.63) is 24.0 Å². The Morgan fingerprint density at radius 2 is 2.12 bits per heavy atom. The van der Waals surface area contributed by atoms with Gasteiger partial charge in [-0.05, 0) is 24.5 Å². The predicted octanol–water partition coefficient (Wildman–Crippen LogP) is 2.43. The Balaban J connectivity index is 2.07. The molecule has 0 aliphatic carbocycles. The second kappa shape index (κ2) is 5.30. The van der Waals surface area contributed by atoms with E-state index in [1.54, 1.807) is 0 Å². The maximum Gasteiger partial charge on any atom is 0.0641 e. The van der Waals surface area contributed by atoms with Gasteiger partial charge in [0, 0.05) is 25.4 Å². The van der Waals surface area contributed by atoms with Gasteiger partial charge in [0.05, 0.1) is 18.5 Å². The van der Waals surface area contributed by atoms with E-state index in [0.717, 1.165) is 38.4 Å². The summed E-state index contributed by atoms with van der Waals surface area (Å²) in [5, 5.41) is 0. The number of hydrogen-bond donors (Lipinski definition) is 0. The Morgan fingerprint density at radius 3 is 2.81 bits per heavy atom. The highest BCUT2D eigenvalue weighted by Crippen LogP contribution is 2.18. The first kappa shape index (κ1) is 11.4. The quantitative estimate of drug-likeness (QED) is 0.765. The summed E-state index contributed by atoms with van der Waals surface area (Å²) in [6.07, 6.45) is 3.09. The van der Waals surface area contributed by atoms with Crippen LogP contribution in [-0.4, -0.2) is 31.3 Å². The van der Waals surface area contributed by atoms with Gasteiger partial charge in [0.2, 0.25) is 0 Å². The minimum Gasteiger partial charge on any atom is -0.380 e. The molecule has 1 aromatic rings. The van der Waals surface area contributed by atoms with E-state index >= 15 is 0 Å². The molecule has 1 aliphatic heterocycles. The Labute approximate surface area is 97.4 Å². The van der Waals surface area contributed by atoms with Gasteiger partial charge in [-0.15, -0.1) is 0 Å². The molecule has 3 heteroatoms. The van der Waals surface area contributed by atoms with E-state index in [-0.39, 0.29) is 0 Å². The molecule has 0 amide bonds. The van der Waals surface area contributed by atoms with Crippen LogP contribution in [0.25, 0.3) is 0 Å². The Hall–Kier alpha value is -1.09. The van der Waals surface area contributed by atoms with Crippen molar-refractivity contribution in [1.82, 2.24) is 4.98 Å². The Kier molecular flexibility index (Phi) is 3.78. The molecular weight excluding hydrogens is 200 g/mol. The molecule has 1 aromatic heterocycles. The average Bonchev–Trinajstić information content (AvgIpc) is 2.57. The van der Waals surface area contributed by atoms with E-state index in [4.69, 9.17) is 4.74 Å². The molecule has 2 heterocycles. The van der Waals surface area contributed by atoms with Crippen molar-refractivity contribution in [2.24, 2.45) is 0 Å². The predicted molar refractivity (Wildman–Crippen MR) is 66.0 cm³/mol. The summed E-state index contributed by atoms with van der Waals surface area (Å²) in [5.74, 6) is 0.501. The molecule has 1 aliphatic rings. The van der Waals surface area contributed by atoms with Gasteiger partial charge < -0.3 is 9.64 Å². The normalized spacial score (nSPS) is 17.6. The minimum atomic E-state index is 0.501. The number of nitrogens with zero attached hydrogens (tertiary/aromatic N) is 2. The summed E-state index contributed by atoms with van der Waals surface area (Å²) in [6.45, 7) is 8.09. The van der Waals surface area contributed by atoms with Crippen LogP contribution >= 0.6 is 0 Å². The van der Waals surface area contributed by atoms with Crippen LogP contribution in [0.15, 0.2) is 18.3 Å². The van der Waals surface area contributed by atoms with Crippen molar-refractivity contribution < 1.29 is 4.74 Å². The second-order valence-electron chi connectivity index (χ2n) is 4.55. The molecule has 88 valence electrons. The first-order valence-electron chi connectivity index (χ1n) is 6.06. The molecule has 1 fully saturated rings. The molecule has 0 saturated carbocycles. The maximum absolute atomic E-state index is 5.45. The summed E-state index contributed by atoms with van der Waals surface area (Å²) in [6, 6.07) is 4.30. The van der Waals surface area contributed by atoms with Gasteiger partial charge >= 0.3 is 0 Å². The van der Waals surface area contributed by atoms with E-state index in [9.17, 15) is 0 Å². The van der Waals surface area contributed by atoms with Gasteiger partial charge in [-0.25, -0.2) is 0 Å². The van der Waals surface area contributed by atoms with E-state index < -0.39 is 0 Å². The van der Waals surface area contributed by atoms with Crippen LogP contribution in [0.5, 0.6) is 0 Å². The fourth-order valence-electron chi connectivity index (χ4n) is 1.93. The van der Waals surface area contributed by atoms with Crippen LogP contribution in [0, 0.1) is 0 Å². The highest BCUT2D eigenvalue weighted by atomic mass is 16.5. The highest BCUT2D eigenvalue weighted by molar-refractivity contribution is 5.44. The summed E-state index contributed by atoms with van der Waals surface area (Å²) >= 11 is 0. The number of hydrogen-bond acceptors (Lipinski definition) is 3. The van der Waals surface area contributed by atoms with Crippen molar-refractivity contribution >= 4 is 5.69 Å². The number of aromatic nitrogens is 1. The van der Waals surface area contributed by atoms with Gasteiger partial charge in [0.15, 0.2) is 0 Å². The molecule has 1 saturated heterocycles. The van der Waals surface area contributed by atoms with Crippen LogP contribution in [0.1, 0.15) is 31.9 Å². The van der Waals surface area contributed by atoms with Gasteiger partial charge in [-0.1, -0.05) is 13.8 Å². The Bertz CT molecular complexity index is 313. The van der Waals surface area contributed by atoms with E-state index in [2.05, 4.69) is 35.9 Å². The zero-order valence-electron chi connectivity index (χ0n) is 10.1. The lowest BCUT2D eigenvalue weighted by atomic mass is 10.1. The molecule has 0 bridgehead atoms. The van der Waals surface area contributed by atoms with Gasteiger partial charge in [0.1, 0.15) is 0 Å². The van der Waals surface area contributed by atoms with Crippen LogP contribution in [0.4, 0.5) is 5.69 Å². The fourth-order valence-corrected chi connectivity index (χ4v) is 1.93. The van der Waals surface area contributed by atoms with E-state index in [1.807, 2.05) is 6.20 Å². The van der Waals surface area contributed by atoms with Gasteiger partial charge in [0.25, 0.3) is 0 Å². The largest absolute Gasteiger partial charge is 0.380 e. The first-order valence-corrected chi connectivity index (χ1v) is 6.06. The number of pyridine rings is 1. The lowest BCUT2D eigenvalue weighted by Crippen LogP contribution is -2.25. The smallest absolute Gasteiger partial charge is 0.0641 e. The third-order valence-corrected chi connectivity index (χ3v) is 2.95. The number of anilines is 1. The van der Waals surface area contributed by atoms with Crippen LogP contribution < -0.4 is 4.90 Å². The number of ether oxygens (including phenoxy) is 1. The van der Waals surface area contributed by atoms with E-state index in [0.29, 0.717) is 5.92 Å². The second-order valence-corrected chi connectivity index (χ2v) is 4.55. The molecule has 0 atom stereocenters. The molecular formula is C13H20N2O. The summed E-state index contributed by atoms with van der Waals surface area (Å²) in [4.78, 5) is 6.85. The zero-order chi connectivity index (χ0) is 11.4. The van der Waals surface area contributed by atoms with Gasteiger partial charge in [-0.2, -0.15) is 0 Å². The lowest BCUT2D eigenvalue weighted by molar-refractivity contribution is 0.152. The van der Waals surface area contributed by atoms with Crippen LogP contribution in [0.3, 0.4) is 0 Å². The van der Waals surface area contributed by atoms with E-state index in [1.165, 1.54) is 5.69 Å². The van der Waals surface area contributed by atoms with Crippen molar-refractivity contribution in [1.29, 1.82) is 0 Å². The van der Waals surface area contributed by atoms with Crippen LogP contribution in [0.2, 0.25) is 0 Å². The van der Waals surface area contributed by atoms with Crippen molar-refractivity contribution in [2.75, 3.05) is 31.2 Å². The summed E-state index contributed by atoms with van der Waals surface area (Å²) in [5.41, 5.74) is 2.38. The van der Waals surface area contributed by atoms with Crippen molar-refractivity contribution in [2.45, 2.75) is 26.2 Å². The molecule has 0 radical (unpaired) electrons. The molecule has 0 unspecified atom stereocenters. The molecule has 2 rings (SSSR count). The molecule has 16 heavy (non-hydrogen) atoms. The number of rotatable bonds is 2. The standard InChI is InChI=1S/C13H20N2O/c1-11(2)13-5-4-12(10-14-13)15-6-3-8-16-9-7-15/h4-5,10-11H,3,6-9H2,1-2H3. The average molecular weight is 220 g/mol. The third kappa shape index (κ3) is 2.73. The first-order chi connectivity index (χ1) is 7.77. The van der Waals surface area contributed by atoms with Crippen molar-refractivity contribution in [3.8, 4) is 0 Å². The summed E-state index contributed by atoms with van der Waals surface area (Å²) in [7, 11) is 0. The summed E-state index contributed by atoms with van der Waals surface area (Å²) < 4.78 is 5.45. The van der Waals surface area contributed by atoms with Crippen LogP contribution in [-0.2, 0) is 4.74 Å². The van der Waals surface area contributed by atoms with Gasteiger partial charge in [-0.3, -0.25) is 4.98 Å². The Morgan fingerprint density at radius 1 is 1.25 bits per heavy atom. The molecule has 0 spiro atoms. The highest BCUT2D eigenvalue weighted by Gasteiger charge is 2.10. The topological polar surface area (TPSA) is 25.4 Å². The minimum absolute atomic E-state index is 0.501. The lowest BCUT2D eigenvalue weighted by Gasteiger charge is -2.21. The molecule has 0 aromatic carbocycles. The fraction of sp³-hybridized carbons (Fsp3) is 0.615. The monoisotopic (exact) mass is 220 g/mol. The zero-order valence-corrected chi connectivity index (χ0v) is 10.1. The maximum atomic E-state index is 5.45. The van der Waals surface area contributed by atoms with Crippen molar-refractivity contribution in [3.63, 3.8) is 0 Å². The third-order valence-electron chi connectivity index (χ3n) is 2.95. The SMILES string of the molecule is CC(C)c1ccc(N2CCCOCC2)cn1. The molecule has 0 N–H and O–H groups in total. The molecule has 3 nitrogen and oxygen atoms in total.